The molecule has 0 aliphatic carbocycles. The van der Waals surface area contributed by atoms with E-state index in [-0.39, 0.29) is 18.0 Å². The quantitative estimate of drug-likeness (QED) is 0.511. The predicted molar refractivity (Wildman–Crippen MR) is 71.2 cm³/mol. The van der Waals surface area contributed by atoms with E-state index in [1.807, 2.05) is 0 Å². The topological polar surface area (TPSA) is 97.7 Å². The average molecular weight is 273 g/mol. The van der Waals surface area contributed by atoms with E-state index in [1.165, 1.54) is 30.7 Å². The van der Waals surface area contributed by atoms with Crippen molar-refractivity contribution in [2.24, 2.45) is 5.10 Å². The van der Waals surface area contributed by atoms with Gasteiger partial charge in [-0.05, 0) is 17.7 Å². The summed E-state index contributed by atoms with van der Waals surface area (Å²) < 4.78 is 5.00. The van der Waals surface area contributed by atoms with Gasteiger partial charge in [0.1, 0.15) is 5.76 Å². The molecule has 1 aromatic carbocycles. The Balaban J connectivity index is 1.91. The lowest BCUT2D eigenvalue weighted by atomic mass is 10.1. The van der Waals surface area contributed by atoms with Gasteiger partial charge < -0.3 is 4.42 Å². The number of carbonyl (C=O) groups excluding carboxylic acids is 1. The van der Waals surface area contributed by atoms with Gasteiger partial charge in [0.2, 0.25) is 5.91 Å². The molecular formula is C13H11N3O4. The zero-order valence-electron chi connectivity index (χ0n) is 10.4. The fraction of sp³-hybridized carbons (Fsp3) is 0.0769. The highest BCUT2D eigenvalue weighted by Gasteiger charge is 2.08. The molecule has 0 bridgehead atoms. The first kappa shape index (κ1) is 13.5. The third-order valence-corrected chi connectivity index (χ3v) is 2.41. The van der Waals surface area contributed by atoms with Crippen LogP contribution in [0.4, 0.5) is 5.69 Å². The molecule has 102 valence electrons. The molecule has 0 aliphatic rings. The molecule has 2 aromatic rings. The average Bonchev–Trinajstić information content (AvgIpc) is 2.92. The van der Waals surface area contributed by atoms with Crippen molar-refractivity contribution < 1.29 is 14.1 Å². The lowest BCUT2D eigenvalue weighted by Crippen LogP contribution is -2.19. The second-order valence-electron chi connectivity index (χ2n) is 3.91. The van der Waals surface area contributed by atoms with Crippen LogP contribution in [0.25, 0.3) is 0 Å². The Kier molecular flexibility index (Phi) is 4.23. The van der Waals surface area contributed by atoms with Crippen molar-refractivity contribution in [1.29, 1.82) is 0 Å². The summed E-state index contributed by atoms with van der Waals surface area (Å²) in [5.41, 5.74) is 2.82. The van der Waals surface area contributed by atoms with E-state index in [1.54, 1.807) is 18.2 Å². The molecule has 20 heavy (non-hydrogen) atoms. The summed E-state index contributed by atoms with van der Waals surface area (Å²) in [5.74, 6) is 0.147. The number of nitrogens with zero attached hydrogens (tertiary/aromatic N) is 2. The molecular weight excluding hydrogens is 262 g/mol. The first-order valence-electron chi connectivity index (χ1n) is 5.74. The third kappa shape index (κ3) is 3.77. The van der Waals surface area contributed by atoms with Gasteiger partial charge in [0.05, 0.1) is 23.8 Å². The normalized spacial score (nSPS) is 10.6. The Bertz CT molecular complexity index is 635. The van der Waals surface area contributed by atoms with E-state index in [9.17, 15) is 14.9 Å². The Morgan fingerprint density at radius 1 is 1.40 bits per heavy atom. The summed E-state index contributed by atoms with van der Waals surface area (Å²) in [6.45, 7) is 0. The summed E-state index contributed by atoms with van der Waals surface area (Å²) in [6.07, 6.45) is 2.87. The summed E-state index contributed by atoms with van der Waals surface area (Å²) in [7, 11) is 0. The molecule has 0 aliphatic heterocycles. The maximum absolute atomic E-state index is 11.6. The number of nitro benzene ring substituents is 1. The number of hydrogen-bond donors (Lipinski definition) is 1. The van der Waals surface area contributed by atoms with Crippen molar-refractivity contribution in [1.82, 2.24) is 5.43 Å². The standard InChI is InChI=1S/C13H11N3O4/c17-13(15-14-9-12-5-2-6-20-12)8-10-3-1-4-11(7-10)16(18)19/h1-7,9H,8H2,(H,15,17)/b14-9+. The highest BCUT2D eigenvalue weighted by molar-refractivity contribution is 5.81. The van der Waals surface area contributed by atoms with Gasteiger partial charge in [-0.1, -0.05) is 12.1 Å². The van der Waals surface area contributed by atoms with E-state index in [0.29, 0.717) is 11.3 Å². The Morgan fingerprint density at radius 2 is 2.25 bits per heavy atom. The molecule has 0 atom stereocenters. The number of hydrogen-bond acceptors (Lipinski definition) is 5. The summed E-state index contributed by atoms with van der Waals surface area (Å²) in [4.78, 5) is 21.7. The first-order valence-corrected chi connectivity index (χ1v) is 5.74. The number of non-ortho nitro benzene ring substituents is 1. The van der Waals surface area contributed by atoms with Gasteiger partial charge in [-0.2, -0.15) is 5.10 Å². The highest BCUT2D eigenvalue weighted by atomic mass is 16.6. The van der Waals surface area contributed by atoms with Crippen molar-refractivity contribution in [3.63, 3.8) is 0 Å². The van der Waals surface area contributed by atoms with Gasteiger partial charge in [0.15, 0.2) is 0 Å². The van der Waals surface area contributed by atoms with Gasteiger partial charge in [-0.15, -0.1) is 0 Å². The predicted octanol–water partition coefficient (Wildman–Crippen LogP) is 1.88. The van der Waals surface area contributed by atoms with Crippen LogP contribution in [0.1, 0.15) is 11.3 Å². The van der Waals surface area contributed by atoms with Crippen molar-refractivity contribution in [3.05, 3.63) is 64.1 Å². The first-order chi connectivity index (χ1) is 9.65. The minimum atomic E-state index is -0.504. The molecule has 0 saturated carbocycles. The second-order valence-corrected chi connectivity index (χ2v) is 3.91. The van der Waals surface area contributed by atoms with Crippen LogP contribution in [0.5, 0.6) is 0 Å². The summed E-state index contributed by atoms with van der Waals surface area (Å²) in [6, 6.07) is 9.30. The maximum Gasteiger partial charge on any atom is 0.269 e. The fourth-order valence-electron chi connectivity index (χ4n) is 1.54. The van der Waals surface area contributed by atoms with Crippen molar-refractivity contribution in [2.75, 3.05) is 0 Å². The van der Waals surface area contributed by atoms with Crippen LogP contribution in [0, 0.1) is 10.1 Å². The van der Waals surface area contributed by atoms with Crippen LogP contribution < -0.4 is 5.43 Å². The van der Waals surface area contributed by atoms with E-state index in [4.69, 9.17) is 4.42 Å². The lowest BCUT2D eigenvalue weighted by molar-refractivity contribution is -0.384. The van der Waals surface area contributed by atoms with Gasteiger partial charge in [-0.3, -0.25) is 14.9 Å². The SMILES string of the molecule is O=C(Cc1cccc([N+](=O)[O-])c1)N/N=C/c1ccco1. The number of hydrazone groups is 1. The van der Waals surface area contributed by atoms with Crippen LogP contribution >= 0.6 is 0 Å². The molecule has 1 aromatic heterocycles. The molecule has 0 saturated heterocycles. The summed E-state index contributed by atoms with van der Waals surface area (Å²) >= 11 is 0. The molecule has 0 fully saturated rings. The lowest BCUT2D eigenvalue weighted by Gasteiger charge is -2.00. The van der Waals surface area contributed by atoms with Gasteiger partial charge in [-0.25, -0.2) is 5.43 Å². The molecule has 7 heteroatoms. The highest BCUT2D eigenvalue weighted by Crippen LogP contribution is 2.13. The number of nitrogens with one attached hydrogen (secondary N) is 1. The van der Waals surface area contributed by atoms with Crippen LogP contribution in [0.2, 0.25) is 0 Å². The molecule has 1 heterocycles. The van der Waals surface area contributed by atoms with Crippen molar-refractivity contribution in [3.8, 4) is 0 Å². The molecule has 0 radical (unpaired) electrons. The Hall–Kier alpha value is -2.96. The Labute approximate surface area is 114 Å². The number of amides is 1. The molecule has 0 spiro atoms. The van der Waals surface area contributed by atoms with Crippen LogP contribution in [-0.4, -0.2) is 17.0 Å². The maximum atomic E-state index is 11.6. The molecule has 7 nitrogen and oxygen atoms in total. The van der Waals surface area contributed by atoms with Gasteiger partial charge in [0.25, 0.3) is 5.69 Å². The minimum absolute atomic E-state index is 0.0111. The number of furan rings is 1. The van der Waals surface area contributed by atoms with E-state index in [0.717, 1.165) is 0 Å². The molecule has 2 rings (SSSR count). The largest absolute Gasteiger partial charge is 0.463 e. The second kappa shape index (κ2) is 6.28. The van der Waals surface area contributed by atoms with E-state index >= 15 is 0 Å². The zero-order chi connectivity index (χ0) is 14.4. The van der Waals surface area contributed by atoms with Crippen LogP contribution in [0.15, 0.2) is 52.2 Å². The number of benzene rings is 1. The van der Waals surface area contributed by atoms with Crippen LogP contribution in [0.3, 0.4) is 0 Å². The van der Waals surface area contributed by atoms with Gasteiger partial charge >= 0.3 is 0 Å². The van der Waals surface area contributed by atoms with Crippen LogP contribution in [-0.2, 0) is 11.2 Å². The molecule has 1 N–H and O–H groups in total. The van der Waals surface area contributed by atoms with Gasteiger partial charge in [0, 0.05) is 12.1 Å². The smallest absolute Gasteiger partial charge is 0.269 e. The number of carbonyl (C=O) groups is 1. The van der Waals surface area contributed by atoms with Crippen molar-refractivity contribution in [2.45, 2.75) is 6.42 Å². The number of rotatable bonds is 5. The molecule has 1 amide bonds. The minimum Gasteiger partial charge on any atom is -0.463 e. The Morgan fingerprint density at radius 3 is 2.95 bits per heavy atom. The van der Waals surface area contributed by atoms with Crippen molar-refractivity contribution >= 4 is 17.8 Å². The monoisotopic (exact) mass is 273 g/mol. The fourth-order valence-corrected chi connectivity index (χ4v) is 1.54. The zero-order valence-corrected chi connectivity index (χ0v) is 10.4. The molecule has 0 unspecified atom stereocenters. The van der Waals surface area contributed by atoms with E-state index < -0.39 is 4.92 Å². The van der Waals surface area contributed by atoms with E-state index in [2.05, 4.69) is 10.5 Å². The summed E-state index contributed by atoms with van der Waals surface area (Å²) in [5, 5.41) is 14.3. The third-order valence-electron chi connectivity index (χ3n) is 2.41. The number of nitro groups is 1.